The fraction of sp³-hybridized carbons (Fsp3) is 0.911. The minimum atomic E-state index is -1.10. The molecule has 0 aliphatic heterocycles. The zero-order valence-electron chi connectivity index (χ0n) is 41.3. The van der Waals surface area contributed by atoms with E-state index in [0.29, 0.717) is 6.42 Å². The van der Waals surface area contributed by atoms with Crippen molar-refractivity contribution in [1.82, 2.24) is 5.32 Å². The molecule has 0 saturated heterocycles. The SMILES string of the molecule is CCCCCCCCCCCC/C=C/CC/C=C/C(O)C(CO)NC(=O)C(O)CCCCCCCCCCCCCCCCCCCCCCCCCCCCCCCCC. The van der Waals surface area contributed by atoms with Gasteiger partial charge in [-0.3, -0.25) is 4.79 Å². The van der Waals surface area contributed by atoms with Gasteiger partial charge in [0.1, 0.15) is 6.10 Å². The summed E-state index contributed by atoms with van der Waals surface area (Å²) in [6.07, 6.45) is 65.5. The smallest absolute Gasteiger partial charge is 0.249 e. The number of nitrogens with one attached hydrogen (secondary N) is 1. The molecule has 0 aromatic heterocycles. The number of carbonyl (C=O) groups excluding carboxylic acids is 1. The fourth-order valence-corrected chi connectivity index (χ4v) is 8.73. The van der Waals surface area contributed by atoms with Crippen LogP contribution in [0.1, 0.15) is 303 Å². The lowest BCUT2D eigenvalue weighted by atomic mass is 10.0. The maximum Gasteiger partial charge on any atom is 0.249 e. The second kappa shape index (κ2) is 51.5. The van der Waals surface area contributed by atoms with Crippen molar-refractivity contribution in [2.24, 2.45) is 0 Å². The number of rotatable bonds is 51. The minimum Gasteiger partial charge on any atom is -0.394 e. The summed E-state index contributed by atoms with van der Waals surface area (Å²) in [4.78, 5) is 12.5. The standard InChI is InChI=1S/C56H109NO4/c1-3-5-7-9-11-13-15-17-19-21-22-23-24-25-26-27-28-29-30-31-32-33-34-35-37-39-41-43-45-47-49-51-55(60)56(61)57-53(52-58)54(59)50-48-46-44-42-40-38-36-20-18-16-14-12-10-8-6-4-2/h40,42,48,50,53-55,58-60H,3-39,41,43-47,49,51-52H2,1-2H3,(H,57,61)/b42-40+,50-48+. The van der Waals surface area contributed by atoms with Crippen LogP contribution in [-0.2, 0) is 4.79 Å². The van der Waals surface area contributed by atoms with Gasteiger partial charge >= 0.3 is 0 Å². The summed E-state index contributed by atoms with van der Waals surface area (Å²) in [6.45, 7) is 4.20. The quantitative estimate of drug-likeness (QED) is 0.0362. The van der Waals surface area contributed by atoms with Crippen LogP contribution >= 0.6 is 0 Å². The maximum atomic E-state index is 12.5. The molecule has 1 amide bonds. The average Bonchev–Trinajstić information content (AvgIpc) is 3.26. The molecule has 0 aromatic rings. The number of hydrogen-bond donors (Lipinski definition) is 4. The van der Waals surface area contributed by atoms with Gasteiger partial charge in [-0.1, -0.05) is 295 Å². The molecule has 3 atom stereocenters. The van der Waals surface area contributed by atoms with Crippen LogP contribution in [0.25, 0.3) is 0 Å². The molecule has 4 N–H and O–H groups in total. The van der Waals surface area contributed by atoms with Crippen LogP contribution in [0.3, 0.4) is 0 Å². The summed E-state index contributed by atoms with van der Waals surface area (Å²) in [6, 6.07) is -0.811. The van der Waals surface area contributed by atoms with Crippen LogP contribution in [-0.4, -0.2) is 46.1 Å². The van der Waals surface area contributed by atoms with Crippen LogP contribution < -0.4 is 5.32 Å². The Morgan fingerprint density at radius 2 is 0.672 bits per heavy atom. The van der Waals surface area contributed by atoms with E-state index in [4.69, 9.17) is 0 Å². The number of amides is 1. The normalized spacial score (nSPS) is 13.5. The van der Waals surface area contributed by atoms with Gasteiger partial charge in [0.15, 0.2) is 0 Å². The van der Waals surface area contributed by atoms with Crippen LogP contribution in [0.2, 0.25) is 0 Å². The molecule has 0 aromatic carbocycles. The lowest BCUT2D eigenvalue weighted by Crippen LogP contribution is -2.48. The Kier molecular flexibility index (Phi) is 50.5. The molecule has 0 rings (SSSR count). The van der Waals surface area contributed by atoms with Crippen molar-refractivity contribution in [3.63, 3.8) is 0 Å². The third-order valence-corrected chi connectivity index (χ3v) is 13.0. The molecular weight excluding hydrogens is 751 g/mol. The topological polar surface area (TPSA) is 89.8 Å². The molecule has 0 aliphatic rings. The van der Waals surface area contributed by atoms with Gasteiger partial charge in [-0.05, 0) is 32.1 Å². The number of aliphatic hydroxyl groups excluding tert-OH is 3. The number of carbonyl (C=O) groups is 1. The van der Waals surface area contributed by atoms with Crippen molar-refractivity contribution in [3.8, 4) is 0 Å². The van der Waals surface area contributed by atoms with Gasteiger partial charge in [0.2, 0.25) is 5.91 Å². The molecule has 362 valence electrons. The first kappa shape index (κ1) is 59.8. The number of allylic oxidation sites excluding steroid dienone is 3. The highest BCUT2D eigenvalue weighted by molar-refractivity contribution is 5.80. The predicted octanol–water partition coefficient (Wildman–Crippen LogP) is 16.9. The molecule has 3 unspecified atom stereocenters. The third kappa shape index (κ3) is 46.6. The van der Waals surface area contributed by atoms with E-state index in [1.807, 2.05) is 6.08 Å². The lowest BCUT2D eigenvalue weighted by Gasteiger charge is -2.21. The molecule has 0 bridgehead atoms. The minimum absolute atomic E-state index is 0.373. The van der Waals surface area contributed by atoms with Gasteiger partial charge in [0.05, 0.1) is 18.8 Å². The molecule has 0 heterocycles. The number of unbranched alkanes of at least 4 members (excludes halogenated alkanes) is 41. The number of hydrogen-bond acceptors (Lipinski definition) is 4. The van der Waals surface area contributed by atoms with Crippen molar-refractivity contribution in [3.05, 3.63) is 24.3 Å². The van der Waals surface area contributed by atoms with Crippen LogP contribution in [0.4, 0.5) is 0 Å². The average molecular weight is 860 g/mol. The summed E-state index contributed by atoms with van der Waals surface area (Å²) >= 11 is 0. The van der Waals surface area contributed by atoms with Crippen molar-refractivity contribution < 1.29 is 20.1 Å². The maximum absolute atomic E-state index is 12.5. The summed E-state index contributed by atoms with van der Waals surface area (Å²) in [5.74, 6) is -0.507. The molecule has 0 fully saturated rings. The Hall–Kier alpha value is -1.17. The van der Waals surface area contributed by atoms with Crippen molar-refractivity contribution in [2.45, 2.75) is 321 Å². The Balaban J connectivity index is 3.52. The molecule has 0 saturated carbocycles. The predicted molar refractivity (Wildman–Crippen MR) is 268 cm³/mol. The van der Waals surface area contributed by atoms with E-state index >= 15 is 0 Å². The molecule has 0 radical (unpaired) electrons. The van der Waals surface area contributed by atoms with E-state index in [2.05, 4.69) is 31.3 Å². The second-order valence-corrected chi connectivity index (χ2v) is 19.1. The Labute approximate surface area is 382 Å². The van der Waals surface area contributed by atoms with E-state index in [-0.39, 0.29) is 6.61 Å². The summed E-state index contributed by atoms with van der Waals surface area (Å²) in [7, 11) is 0. The fourth-order valence-electron chi connectivity index (χ4n) is 8.73. The van der Waals surface area contributed by atoms with Crippen molar-refractivity contribution >= 4 is 5.91 Å². The van der Waals surface area contributed by atoms with Gasteiger partial charge in [-0.15, -0.1) is 0 Å². The van der Waals surface area contributed by atoms with Gasteiger partial charge in [0.25, 0.3) is 0 Å². The molecule has 0 aliphatic carbocycles. The zero-order chi connectivity index (χ0) is 44.4. The number of aliphatic hydroxyl groups is 3. The molecular formula is C56H109NO4. The first-order valence-electron chi connectivity index (χ1n) is 27.7. The van der Waals surface area contributed by atoms with Gasteiger partial charge < -0.3 is 20.6 Å². The van der Waals surface area contributed by atoms with Gasteiger partial charge in [0, 0.05) is 0 Å². The van der Waals surface area contributed by atoms with Crippen LogP contribution in [0.15, 0.2) is 24.3 Å². The van der Waals surface area contributed by atoms with E-state index in [0.717, 1.165) is 38.5 Å². The Morgan fingerprint density at radius 1 is 0.393 bits per heavy atom. The van der Waals surface area contributed by atoms with Crippen molar-refractivity contribution in [1.29, 1.82) is 0 Å². The summed E-state index contributed by atoms with van der Waals surface area (Å²) in [5.41, 5.74) is 0. The van der Waals surface area contributed by atoms with Crippen LogP contribution in [0.5, 0.6) is 0 Å². The van der Waals surface area contributed by atoms with Crippen molar-refractivity contribution in [2.75, 3.05) is 6.61 Å². The zero-order valence-corrected chi connectivity index (χ0v) is 41.3. The van der Waals surface area contributed by atoms with E-state index < -0.39 is 24.2 Å². The molecule has 61 heavy (non-hydrogen) atoms. The lowest BCUT2D eigenvalue weighted by molar-refractivity contribution is -0.131. The van der Waals surface area contributed by atoms with E-state index in [9.17, 15) is 20.1 Å². The highest BCUT2D eigenvalue weighted by atomic mass is 16.3. The first-order valence-corrected chi connectivity index (χ1v) is 27.7. The van der Waals surface area contributed by atoms with Gasteiger partial charge in [-0.25, -0.2) is 0 Å². The first-order chi connectivity index (χ1) is 30.1. The summed E-state index contributed by atoms with van der Waals surface area (Å²) < 4.78 is 0. The third-order valence-electron chi connectivity index (χ3n) is 13.0. The molecule has 5 nitrogen and oxygen atoms in total. The molecule has 5 heteroatoms. The summed E-state index contributed by atoms with van der Waals surface area (Å²) in [5, 5.41) is 33.3. The second-order valence-electron chi connectivity index (χ2n) is 19.1. The van der Waals surface area contributed by atoms with E-state index in [1.54, 1.807) is 6.08 Å². The van der Waals surface area contributed by atoms with Gasteiger partial charge in [-0.2, -0.15) is 0 Å². The highest BCUT2D eigenvalue weighted by Gasteiger charge is 2.22. The highest BCUT2D eigenvalue weighted by Crippen LogP contribution is 2.18. The Morgan fingerprint density at radius 3 is 1.00 bits per heavy atom. The largest absolute Gasteiger partial charge is 0.394 e. The van der Waals surface area contributed by atoms with E-state index in [1.165, 1.54) is 244 Å². The monoisotopic (exact) mass is 860 g/mol. The Bertz CT molecular complexity index is 905. The molecule has 0 spiro atoms. The van der Waals surface area contributed by atoms with Crippen LogP contribution in [0, 0.1) is 0 Å².